The van der Waals surface area contributed by atoms with Gasteiger partial charge in [-0.15, -0.1) is 0 Å². The quantitative estimate of drug-likeness (QED) is 0.473. The van der Waals surface area contributed by atoms with Crippen LogP contribution in [-0.4, -0.2) is 35.5 Å². The molecule has 0 aliphatic rings. The molecule has 0 atom stereocenters. The molecular weight excluding hydrogens is 235 g/mol. The molecule has 0 saturated heterocycles. The number of ether oxygens (including phenoxy) is 1. The maximum atomic E-state index is 11.6. The van der Waals surface area contributed by atoms with Crippen LogP contribution in [0.1, 0.15) is 12.0 Å². The third kappa shape index (κ3) is 5.05. The fourth-order valence-electron chi connectivity index (χ4n) is 1.56. The van der Waals surface area contributed by atoms with E-state index in [0.717, 1.165) is 5.56 Å². The molecule has 2 rings (SSSR count). The molecule has 0 unspecified atom stereocenters. The zero-order chi connectivity index (χ0) is 11.9. The molecule has 0 aliphatic heterocycles. The van der Waals surface area contributed by atoms with Crippen LogP contribution in [-0.2, 0) is 11.2 Å². The first-order valence-electron chi connectivity index (χ1n) is 5.64. The summed E-state index contributed by atoms with van der Waals surface area (Å²) in [6, 6.07) is 19.1. The molecule has 2 aromatic carbocycles. The van der Waals surface area contributed by atoms with E-state index in [4.69, 9.17) is 4.74 Å². The number of hydrogen-bond acceptors (Lipinski definition) is 2. The first-order valence-corrected chi connectivity index (χ1v) is 5.64. The van der Waals surface area contributed by atoms with Gasteiger partial charge in [0.05, 0.1) is 0 Å². The van der Waals surface area contributed by atoms with Crippen LogP contribution in [0.25, 0.3) is 0 Å². The minimum atomic E-state index is -0.194. The number of carbonyl (C=O) groups excluding carboxylic acids is 1. The van der Waals surface area contributed by atoms with Gasteiger partial charge in [-0.1, -0.05) is 48.5 Å². The first-order chi connectivity index (χ1) is 8.34. The zero-order valence-corrected chi connectivity index (χ0v) is 12.5. The van der Waals surface area contributed by atoms with E-state index in [1.54, 1.807) is 12.1 Å². The Morgan fingerprint density at radius 2 is 1.44 bits per heavy atom. The third-order valence-electron chi connectivity index (χ3n) is 2.44. The Hall–Kier alpha value is -1.09. The smallest absolute Gasteiger partial charge is 0.311 e. The van der Waals surface area contributed by atoms with Crippen LogP contribution in [0.2, 0.25) is 0 Å². The number of hydrogen-bond donors (Lipinski definition) is 0. The summed E-state index contributed by atoms with van der Waals surface area (Å²) in [6.45, 7) is 0. The number of esters is 1. The summed E-state index contributed by atoms with van der Waals surface area (Å²) >= 11 is 0. The molecule has 3 heteroatoms. The van der Waals surface area contributed by atoms with Crippen LogP contribution in [0.4, 0.5) is 0 Å². The van der Waals surface area contributed by atoms with Gasteiger partial charge in [-0.05, 0) is 24.1 Å². The summed E-state index contributed by atoms with van der Waals surface area (Å²) in [5.74, 6) is 0.408. The van der Waals surface area contributed by atoms with Crippen LogP contribution in [0.5, 0.6) is 5.75 Å². The van der Waals surface area contributed by atoms with Gasteiger partial charge in [-0.3, -0.25) is 4.79 Å². The average Bonchev–Trinajstić information content (AvgIpc) is 2.39. The van der Waals surface area contributed by atoms with Crippen LogP contribution >= 0.6 is 0 Å². The van der Waals surface area contributed by atoms with Crippen molar-refractivity contribution < 1.29 is 9.53 Å². The molecule has 0 N–H and O–H groups in total. The minimum Gasteiger partial charge on any atom is -0.427 e. The molecule has 0 aliphatic carbocycles. The molecule has 1 radical (unpaired) electrons. The Kier molecular flexibility index (Phi) is 6.73. The molecule has 0 saturated carbocycles. The Bertz CT molecular complexity index is 468. The Balaban J connectivity index is 0.00000162. The van der Waals surface area contributed by atoms with Gasteiger partial charge in [0.15, 0.2) is 0 Å². The first kappa shape index (κ1) is 15.0. The monoisotopic (exact) mass is 249 g/mol. The van der Waals surface area contributed by atoms with Crippen LogP contribution in [0.3, 0.4) is 0 Å². The Labute approximate surface area is 129 Å². The fraction of sp³-hybridized carbons (Fsp3) is 0.133. The summed E-state index contributed by atoms with van der Waals surface area (Å²) in [6.07, 6.45) is 1.12. The predicted molar refractivity (Wildman–Crippen MR) is 72.6 cm³/mol. The van der Waals surface area contributed by atoms with E-state index < -0.39 is 0 Å². The second-order valence-corrected chi connectivity index (χ2v) is 3.77. The molecule has 0 bridgehead atoms. The number of benzene rings is 2. The van der Waals surface area contributed by atoms with Crippen LogP contribution in [0.15, 0.2) is 60.7 Å². The minimum absolute atomic E-state index is 0. The summed E-state index contributed by atoms with van der Waals surface area (Å²) in [7, 11) is 0. The molecule has 0 aromatic heterocycles. The normalized spacial score (nSPS) is 9.33. The molecule has 2 aromatic rings. The number of carbonyl (C=O) groups is 1. The summed E-state index contributed by atoms with van der Waals surface area (Å²) < 4.78 is 5.20. The molecule has 0 fully saturated rings. The average molecular weight is 249 g/mol. The number of rotatable bonds is 4. The SMILES string of the molecule is O=C(CCc1ccccc1)Oc1ccccc1.[Na]. The summed E-state index contributed by atoms with van der Waals surface area (Å²) in [4.78, 5) is 11.6. The standard InChI is InChI=1S/C15H14O2.Na/c16-15(17-14-9-5-2-6-10-14)12-11-13-7-3-1-4-8-13;/h1-10H,11-12H2;. The van der Waals surface area contributed by atoms with Gasteiger partial charge in [0.25, 0.3) is 0 Å². The van der Waals surface area contributed by atoms with Gasteiger partial charge >= 0.3 is 5.97 Å². The van der Waals surface area contributed by atoms with Gasteiger partial charge in [-0.2, -0.15) is 0 Å². The van der Waals surface area contributed by atoms with Crippen molar-refractivity contribution in [2.75, 3.05) is 0 Å². The second-order valence-electron chi connectivity index (χ2n) is 3.77. The zero-order valence-electron chi connectivity index (χ0n) is 10.5. The van der Waals surface area contributed by atoms with E-state index in [1.165, 1.54) is 0 Å². The van der Waals surface area contributed by atoms with Crippen molar-refractivity contribution in [3.05, 3.63) is 66.2 Å². The van der Waals surface area contributed by atoms with E-state index >= 15 is 0 Å². The van der Waals surface area contributed by atoms with Crippen molar-refractivity contribution in [2.24, 2.45) is 0 Å². The maximum Gasteiger partial charge on any atom is 0.311 e. The summed E-state index contributed by atoms with van der Waals surface area (Å²) in [5.41, 5.74) is 1.15. The fourth-order valence-corrected chi connectivity index (χ4v) is 1.56. The van der Waals surface area contributed by atoms with Crippen molar-refractivity contribution in [1.82, 2.24) is 0 Å². The maximum absolute atomic E-state index is 11.6. The number of para-hydroxylation sites is 1. The molecule has 0 spiro atoms. The van der Waals surface area contributed by atoms with Crippen molar-refractivity contribution in [3.8, 4) is 5.75 Å². The van der Waals surface area contributed by atoms with Gasteiger partial charge < -0.3 is 4.74 Å². The topological polar surface area (TPSA) is 26.3 Å². The summed E-state index contributed by atoms with van der Waals surface area (Å²) in [5, 5.41) is 0. The predicted octanol–water partition coefficient (Wildman–Crippen LogP) is 2.84. The van der Waals surface area contributed by atoms with Crippen molar-refractivity contribution >= 4 is 35.5 Å². The van der Waals surface area contributed by atoms with Gasteiger partial charge in [0, 0.05) is 36.0 Å². The molecule has 18 heavy (non-hydrogen) atoms. The van der Waals surface area contributed by atoms with E-state index in [2.05, 4.69) is 0 Å². The molecule has 87 valence electrons. The van der Waals surface area contributed by atoms with Gasteiger partial charge in [-0.25, -0.2) is 0 Å². The van der Waals surface area contributed by atoms with E-state index in [0.29, 0.717) is 18.6 Å². The van der Waals surface area contributed by atoms with Gasteiger partial charge in [0.2, 0.25) is 0 Å². The Morgan fingerprint density at radius 3 is 2.06 bits per heavy atom. The molecule has 2 nitrogen and oxygen atoms in total. The van der Waals surface area contributed by atoms with Crippen molar-refractivity contribution in [2.45, 2.75) is 12.8 Å². The molecule has 0 amide bonds. The molecule has 0 heterocycles. The van der Waals surface area contributed by atoms with Crippen LogP contribution < -0.4 is 4.74 Å². The molecular formula is C15H14NaO2. The number of aryl methyl sites for hydroxylation is 1. The largest absolute Gasteiger partial charge is 0.427 e. The van der Waals surface area contributed by atoms with Crippen molar-refractivity contribution in [1.29, 1.82) is 0 Å². The van der Waals surface area contributed by atoms with E-state index in [9.17, 15) is 4.79 Å². The third-order valence-corrected chi connectivity index (χ3v) is 2.44. The van der Waals surface area contributed by atoms with E-state index in [1.807, 2.05) is 48.5 Å². The van der Waals surface area contributed by atoms with Crippen LogP contribution in [0, 0.1) is 0 Å². The van der Waals surface area contributed by atoms with E-state index in [-0.39, 0.29) is 35.5 Å². The Morgan fingerprint density at radius 1 is 0.889 bits per heavy atom. The second kappa shape index (κ2) is 8.09. The van der Waals surface area contributed by atoms with Gasteiger partial charge in [0.1, 0.15) is 5.75 Å². The van der Waals surface area contributed by atoms with Crippen molar-refractivity contribution in [3.63, 3.8) is 0 Å².